The molecule has 0 aromatic heterocycles. The smallest absolute Gasteiger partial charge is 0.430 e. The topological polar surface area (TPSA) is 116 Å². The van der Waals surface area contributed by atoms with Crippen LogP contribution in [0, 0.1) is 5.82 Å². The first-order chi connectivity index (χ1) is 19.3. The molecule has 1 heterocycles. The Morgan fingerprint density at radius 2 is 1.69 bits per heavy atom. The highest BCUT2D eigenvalue weighted by atomic mass is 32.2. The van der Waals surface area contributed by atoms with E-state index in [-0.39, 0.29) is 24.5 Å². The van der Waals surface area contributed by atoms with Gasteiger partial charge in [0.2, 0.25) is 0 Å². The number of hydrogen-bond acceptors (Lipinski definition) is 7. The number of hydrazine groups is 1. The molecule has 0 spiro atoms. The van der Waals surface area contributed by atoms with E-state index in [1.54, 1.807) is 0 Å². The fraction of sp³-hybridized carbons (Fsp3) is 0.348. The van der Waals surface area contributed by atoms with Gasteiger partial charge in [-0.05, 0) is 61.0 Å². The number of hydrogen-bond donors (Lipinski definition) is 3. The number of nitrogens with zero attached hydrogens (tertiary/aromatic N) is 2. The maximum absolute atomic E-state index is 13.7. The first-order valence-electron chi connectivity index (χ1n) is 11.5. The van der Waals surface area contributed by atoms with Crippen LogP contribution in [-0.4, -0.2) is 60.4 Å². The number of carbonyl (C=O) groups is 2. The zero-order valence-electron chi connectivity index (χ0n) is 21.0. The van der Waals surface area contributed by atoms with Crippen molar-refractivity contribution in [3.05, 3.63) is 59.4 Å². The van der Waals surface area contributed by atoms with Gasteiger partial charge in [0.25, 0.3) is 26.7 Å². The van der Waals surface area contributed by atoms with Crippen LogP contribution in [0.15, 0.2) is 47.4 Å². The quantitative estimate of drug-likeness (QED) is 0.187. The van der Waals surface area contributed by atoms with Gasteiger partial charge >= 0.3 is 17.6 Å². The number of amides is 2. The molecule has 230 valence electrons. The van der Waals surface area contributed by atoms with Crippen LogP contribution in [-0.2, 0) is 31.6 Å². The lowest BCUT2D eigenvalue weighted by Gasteiger charge is -2.39. The summed E-state index contributed by atoms with van der Waals surface area (Å²) >= 11 is 8.30. The van der Waals surface area contributed by atoms with Crippen molar-refractivity contribution in [3.8, 4) is 0 Å². The van der Waals surface area contributed by atoms with Crippen LogP contribution in [0.3, 0.4) is 0 Å². The maximum atomic E-state index is 13.7. The Morgan fingerprint density at radius 3 is 2.19 bits per heavy atom. The number of nitrogens with one attached hydrogen (secondary N) is 1. The van der Waals surface area contributed by atoms with Gasteiger partial charge in [0.1, 0.15) is 5.82 Å². The number of aliphatic hydroxyl groups is 1. The summed E-state index contributed by atoms with van der Waals surface area (Å²) in [5, 5.41) is 8.52. The molecule has 0 unspecified atom stereocenters. The summed E-state index contributed by atoms with van der Waals surface area (Å²) in [6.07, 6.45) is -13.8. The van der Waals surface area contributed by atoms with Crippen molar-refractivity contribution in [2.45, 2.75) is 48.2 Å². The summed E-state index contributed by atoms with van der Waals surface area (Å²) in [6, 6.07) is 3.23. The zero-order chi connectivity index (χ0) is 31.8. The number of aryl methyl sites for hydroxylation is 1. The van der Waals surface area contributed by atoms with E-state index in [1.165, 1.54) is 0 Å². The van der Waals surface area contributed by atoms with Gasteiger partial charge in [-0.15, -0.1) is 0 Å². The highest BCUT2D eigenvalue weighted by Gasteiger charge is 2.71. The molecule has 9 nitrogen and oxygen atoms in total. The number of benzene rings is 2. The molecule has 0 aliphatic carbocycles. The number of rotatable bonds is 5. The lowest BCUT2D eigenvalue weighted by molar-refractivity contribution is -0.376. The standard InChI is InChI=1S/C23H20F7N3O6S3/c1-39-19(40)31-32(20(35)41)18(34)11-15-6-2-12-10-13(21(36,22(25,26)27)23(28,29)30)3-9-17(12)33(15)42(37,38)16-7-4-14(24)5-8-16/h3-5,7-10,15,36H,2,6,11H2,1H3,(H,31,40)(H,35,41)/t15-/m0/s1. The van der Waals surface area contributed by atoms with E-state index in [0.717, 1.165) is 31.4 Å². The van der Waals surface area contributed by atoms with Gasteiger partial charge in [-0.25, -0.2) is 18.2 Å². The lowest BCUT2D eigenvalue weighted by Crippen LogP contribution is -2.54. The number of thiocarbonyl (C=S) groups is 1. The van der Waals surface area contributed by atoms with Crippen LogP contribution >= 0.6 is 24.8 Å². The SMILES string of the molecule is COC(=S)NN(C(=O)S)C(=O)C[C@@H]1CCc2cc(C(O)(C(F)(F)F)C(F)(F)F)ccc2N1S(=O)(=O)c1ccc(F)cc1. The second kappa shape index (κ2) is 11.8. The molecule has 0 radical (unpaired) electrons. The molecule has 42 heavy (non-hydrogen) atoms. The van der Waals surface area contributed by atoms with Crippen molar-refractivity contribution in [2.24, 2.45) is 0 Å². The predicted molar refractivity (Wildman–Crippen MR) is 139 cm³/mol. The minimum Gasteiger partial charge on any atom is -0.473 e. The van der Waals surface area contributed by atoms with Crippen LogP contribution in [0.2, 0.25) is 0 Å². The van der Waals surface area contributed by atoms with Gasteiger partial charge in [-0.2, -0.15) is 31.4 Å². The second-order valence-electron chi connectivity index (χ2n) is 8.82. The molecule has 0 fully saturated rings. The fourth-order valence-electron chi connectivity index (χ4n) is 4.23. The van der Waals surface area contributed by atoms with Gasteiger partial charge in [0.05, 0.1) is 30.2 Å². The molecule has 1 aliphatic rings. The van der Waals surface area contributed by atoms with Gasteiger partial charge in [-0.3, -0.25) is 13.9 Å². The molecule has 3 rings (SSSR count). The number of alkyl halides is 6. The van der Waals surface area contributed by atoms with E-state index in [0.29, 0.717) is 21.4 Å². The van der Waals surface area contributed by atoms with Crippen molar-refractivity contribution in [1.29, 1.82) is 0 Å². The van der Waals surface area contributed by atoms with Crippen LogP contribution in [0.5, 0.6) is 0 Å². The highest BCUT2D eigenvalue weighted by Crippen LogP contribution is 2.51. The van der Waals surface area contributed by atoms with Crippen molar-refractivity contribution >= 4 is 56.9 Å². The number of carbonyl (C=O) groups excluding carboxylic acids is 2. The van der Waals surface area contributed by atoms with Gasteiger partial charge in [-0.1, -0.05) is 24.8 Å². The Hall–Kier alpha value is -3.16. The average Bonchev–Trinajstić information content (AvgIpc) is 2.89. The molecule has 0 saturated heterocycles. The Bertz CT molecular complexity index is 1470. The number of methoxy groups -OCH3 is 1. The van der Waals surface area contributed by atoms with Crippen molar-refractivity contribution in [3.63, 3.8) is 0 Å². The van der Waals surface area contributed by atoms with E-state index in [9.17, 15) is 53.8 Å². The largest absolute Gasteiger partial charge is 0.473 e. The second-order valence-corrected chi connectivity index (χ2v) is 11.4. The molecular weight excluding hydrogens is 643 g/mol. The summed E-state index contributed by atoms with van der Waals surface area (Å²) < 4.78 is 127. The van der Waals surface area contributed by atoms with Gasteiger partial charge in [0.15, 0.2) is 0 Å². The third kappa shape index (κ3) is 6.28. The van der Waals surface area contributed by atoms with Crippen molar-refractivity contribution in [2.75, 3.05) is 11.4 Å². The first-order valence-corrected chi connectivity index (χ1v) is 13.7. The number of ether oxygens (including phenoxy) is 1. The maximum Gasteiger partial charge on any atom is 0.430 e. The van der Waals surface area contributed by atoms with Crippen LogP contribution in [0.25, 0.3) is 0 Å². The Balaban J connectivity index is 2.16. The molecule has 0 saturated carbocycles. The van der Waals surface area contributed by atoms with Gasteiger partial charge < -0.3 is 9.84 Å². The van der Waals surface area contributed by atoms with Crippen molar-refractivity contribution in [1.82, 2.24) is 10.4 Å². The molecular formula is C23H20F7N3O6S3. The summed E-state index contributed by atoms with van der Waals surface area (Å²) in [7, 11) is -3.64. The fourth-order valence-corrected chi connectivity index (χ4v) is 6.20. The van der Waals surface area contributed by atoms with E-state index in [2.05, 4.69) is 22.8 Å². The molecule has 1 aliphatic heterocycles. The van der Waals surface area contributed by atoms with E-state index < -0.39 is 78.7 Å². The third-order valence-electron chi connectivity index (χ3n) is 6.24. The van der Waals surface area contributed by atoms with Crippen LogP contribution in [0.1, 0.15) is 24.0 Å². The average molecular weight is 664 g/mol. The molecule has 1 atom stereocenters. The minimum absolute atomic E-state index is 0.263. The predicted octanol–water partition coefficient (Wildman–Crippen LogP) is 4.35. The Labute approximate surface area is 244 Å². The third-order valence-corrected chi connectivity index (χ3v) is 8.58. The number of fused-ring (bicyclic) bond motifs is 1. The molecule has 2 aromatic carbocycles. The number of sulfonamides is 1. The lowest BCUT2D eigenvalue weighted by atomic mass is 9.87. The summed E-state index contributed by atoms with van der Waals surface area (Å²) in [5.74, 6) is -1.90. The molecule has 0 bridgehead atoms. The number of halogens is 7. The number of imide groups is 1. The summed E-state index contributed by atoms with van der Waals surface area (Å²) in [5.41, 5.74) is -5.51. The van der Waals surface area contributed by atoms with Crippen LogP contribution < -0.4 is 9.73 Å². The first kappa shape index (κ1) is 33.3. The summed E-state index contributed by atoms with van der Waals surface area (Å²) in [6.45, 7) is 0. The van der Waals surface area contributed by atoms with Crippen molar-refractivity contribution < 1.29 is 58.6 Å². The Morgan fingerprint density at radius 1 is 1.12 bits per heavy atom. The molecule has 2 amide bonds. The zero-order valence-corrected chi connectivity index (χ0v) is 23.6. The molecule has 19 heteroatoms. The van der Waals surface area contributed by atoms with E-state index >= 15 is 0 Å². The monoisotopic (exact) mass is 663 g/mol. The van der Waals surface area contributed by atoms with Crippen LogP contribution in [0.4, 0.5) is 41.2 Å². The number of thiol groups is 1. The summed E-state index contributed by atoms with van der Waals surface area (Å²) in [4.78, 5) is 24.4. The van der Waals surface area contributed by atoms with E-state index in [4.69, 9.17) is 12.2 Å². The van der Waals surface area contributed by atoms with Gasteiger partial charge in [0, 0.05) is 5.56 Å². The molecule has 2 aromatic rings. The highest BCUT2D eigenvalue weighted by molar-refractivity contribution is 7.96. The minimum atomic E-state index is -6.19. The molecule has 2 N–H and O–H groups in total. The number of anilines is 1. The Kier molecular flexibility index (Phi) is 9.41. The van der Waals surface area contributed by atoms with E-state index in [1.807, 2.05) is 0 Å². The normalized spacial score (nSPS) is 16.0.